The fourth-order valence-corrected chi connectivity index (χ4v) is 1.58. The molecule has 2 aromatic rings. The summed E-state index contributed by atoms with van der Waals surface area (Å²) in [6.07, 6.45) is 0. The molecule has 2 N–H and O–H groups in total. The molecule has 0 spiro atoms. The molecule has 0 amide bonds. The lowest BCUT2D eigenvalue weighted by Crippen LogP contribution is -1.96. The minimum atomic E-state index is -0.679. The maximum absolute atomic E-state index is 12.8. The Labute approximate surface area is 96.2 Å². The molecule has 0 unspecified atom stereocenters. The zero-order valence-corrected chi connectivity index (χ0v) is 9.04. The Morgan fingerprint density at radius 2 is 2.25 bits per heavy atom. The molecule has 1 aromatic carbocycles. The highest BCUT2D eigenvalue weighted by molar-refractivity contribution is 6.31. The van der Waals surface area contributed by atoms with E-state index in [-0.39, 0.29) is 6.54 Å². The molecule has 4 nitrogen and oxygen atoms in total. The van der Waals surface area contributed by atoms with Crippen molar-refractivity contribution in [2.45, 2.75) is 13.2 Å². The van der Waals surface area contributed by atoms with E-state index in [0.29, 0.717) is 27.9 Å². The average Bonchev–Trinajstić information content (AvgIpc) is 2.77. The van der Waals surface area contributed by atoms with Gasteiger partial charge in [0.05, 0.1) is 6.54 Å². The molecule has 0 atom stereocenters. The van der Waals surface area contributed by atoms with E-state index < -0.39 is 6.67 Å². The normalized spacial score (nSPS) is 10.7. The zero-order chi connectivity index (χ0) is 11.5. The number of benzene rings is 1. The zero-order valence-electron chi connectivity index (χ0n) is 8.28. The van der Waals surface area contributed by atoms with Gasteiger partial charge in [0.25, 0.3) is 0 Å². The maximum Gasteiger partial charge on any atom is 0.240 e. The first-order chi connectivity index (χ1) is 7.76. The summed E-state index contributed by atoms with van der Waals surface area (Å²) in [5.74, 6) is 0.607. The van der Waals surface area contributed by atoms with Gasteiger partial charge < -0.3 is 10.3 Å². The molecule has 16 heavy (non-hydrogen) atoms. The fourth-order valence-electron chi connectivity index (χ4n) is 1.35. The third-order valence-corrected chi connectivity index (χ3v) is 2.49. The van der Waals surface area contributed by atoms with Crippen LogP contribution >= 0.6 is 11.6 Å². The SMILES string of the molecule is NCc1nc(-c2cccc(Cl)c2CF)no1. The van der Waals surface area contributed by atoms with Gasteiger partial charge in [-0.1, -0.05) is 28.9 Å². The van der Waals surface area contributed by atoms with Crippen LogP contribution in [0, 0.1) is 0 Å². The summed E-state index contributed by atoms with van der Waals surface area (Å²) in [4.78, 5) is 4.02. The minimum Gasteiger partial charge on any atom is -0.338 e. The maximum atomic E-state index is 12.8. The second kappa shape index (κ2) is 4.59. The van der Waals surface area contributed by atoms with Gasteiger partial charge in [0, 0.05) is 16.1 Å². The van der Waals surface area contributed by atoms with Gasteiger partial charge in [0.2, 0.25) is 11.7 Å². The van der Waals surface area contributed by atoms with Crippen LogP contribution in [-0.4, -0.2) is 10.1 Å². The molecule has 1 aromatic heterocycles. The Balaban J connectivity index is 2.50. The van der Waals surface area contributed by atoms with Gasteiger partial charge in [0.1, 0.15) is 6.67 Å². The minimum absolute atomic E-state index is 0.151. The quantitative estimate of drug-likeness (QED) is 0.896. The van der Waals surface area contributed by atoms with Crippen molar-refractivity contribution in [3.8, 4) is 11.4 Å². The van der Waals surface area contributed by atoms with Crippen LogP contribution < -0.4 is 5.73 Å². The Kier molecular flexibility index (Phi) is 3.17. The van der Waals surface area contributed by atoms with Crippen LogP contribution in [0.2, 0.25) is 5.02 Å². The second-order valence-corrected chi connectivity index (χ2v) is 3.52. The van der Waals surface area contributed by atoms with Crippen LogP contribution in [0.4, 0.5) is 4.39 Å². The summed E-state index contributed by atoms with van der Waals surface area (Å²) in [5.41, 5.74) is 6.23. The number of halogens is 2. The van der Waals surface area contributed by atoms with Gasteiger partial charge in [-0.05, 0) is 6.07 Å². The van der Waals surface area contributed by atoms with Crippen LogP contribution in [0.5, 0.6) is 0 Å². The molecule has 2 rings (SSSR count). The number of alkyl halides is 1. The van der Waals surface area contributed by atoms with Crippen molar-refractivity contribution in [2.24, 2.45) is 5.73 Å². The lowest BCUT2D eigenvalue weighted by atomic mass is 10.1. The first-order valence-corrected chi connectivity index (χ1v) is 5.00. The first-order valence-electron chi connectivity index (χ1n) is 4.62. The first kappa shape index (κ1) is 11.0. The predicted molar refractivity (Wildman–Crippen MR) is 57.4 cm³/mol. The van der Waals surface area contributed by atoms with Crippen molar-refractivity contribution >= 4 is 11.6 Å². The number of nitrogens with zero attached hydrogens (tertiary/aromatic N) is 2. The van der Waals surface area contributed by atoms with E-state index in [1.807, 2.05) is 0 Å². The van der Waals surface area contributed by atoms with Gasteiger partial charge in [-0.2, -0.15) is 4.98 Å². The number of rotatable bonds is 3. The highest BCUT2D eigenvalue weighted by Gasteiger charge is 2.13. The third-order valence-electron chi connectivity index (χ3n) is 2.14. The summed E-state index contributed by atoms with van der Waals surface area (Å²) in [5, 5.41) is 4.06. The predicted octanol–water partition coefficient (Wildman–Crippen LogP) is 2.32. The second-order valence-electron chi connectivity index (χ2n) is 3.12. The van der Waals surface area contributed by atoms with Crippen LogP contribution in [-0.2, 0) is 13.2 Å². The molecular formula is C10H9ClFN3O. The Morgan fingerprint density at radius 1 is 1.44 bits per heavy atom. The van der Waals surface area contributed by atoms with Gasteiger partial charge in [0.15, 0.2) is 0 Å². The third kappa shape index (κ3) is 1.91. The van der Waals surface area contributed by atoms with Crippen molar-refractivity contribution in [2.75, 3.05) is 0 Å². The fraction of sp³-hybridized carbons (Fsp3) is 0.200. The Bertz CT molecular complexity index is 501. The van der Waals surface area contributed by atoms with Crippen molar-refractivity contribution < 1.29 is 8.91 Å². The van der Waals surface area contributed by atoms with E-state index in [1.54, 1.807) is 18.2 Å². The lowest BCUT2D eigenvalue weighted by Gasteiger charge is -2.03. The highest BCUT2D eigenvalue weighted by atomic mass is 35.5. The number of hydrogen-bond acceptors (Lipinski definition) is 4. The molecule has 1 heterocycles. The average molecular weight is 242 g/mol. The summed E-state index contributed by atoms with van der Waals surface area (Å²) < 4.78 is 17.7. The summed E-state index contributed by atoms with van der Waals surface area (Å²) in [7, 11) is 0. The van der Waals surface area contributed by atoms with Crippen molar-refractivity contribution in [1.29, 1.82) is 0 Å². The van der Waals surface area contributed by atoms with E-state index in [1.165, 1.54) is 0 Å². The summed E-state index contributed by atoms with van der Waals surface area (Å²) in [6.45, 7) is -0.528. The van der Waals surface area contributed by atoms with E-state index in [2.05, 4.69) is 10.1 Å². The van der Waals surface area contributed by atoms with Crippen molar-refractivity contribution in [3.63, 3.8) is 0 Å². The Morgan fingerprint density at radius 3 is 2.88 bits per heavy atom. The standard InChI is InChI=1S/C10H9ClFN3O/c11-8-3-1-2-6(7(8)4-12)10-14-9(5-13)16-15-10/h1-3H,4-5,13H2. The topological polar surface area (TPSA) is 64.9 Å². The van der Waals surface area contributed by atoms with E-state index in [4.69, 9.17) is 21.9 Å². The molecule has 0 saturated heterocycles. The van der Waals surface area contributed by atoms with E-state index >= 15 is 0 Å². The van der Waals surface area contributed by atoms with Crippen molar-refractivity contribution in [3.05, 3.63) is 34.7 Å². The number of aromatic nitrogens is 2. The van der Waals surface area contributed by atoms with Crippen LogP contribution in [0.15, 0.2) is 22.7 Å². The van der Waals surface area contributed by atoms with Gasteiger partial charge in [-0.15, -0.1) is 0 Å². The molecule has 0 fully saturated rings. The van der Waals surface area contributed by atoms with Crippen LogP contribution in [0.3, 0.4) is 0 Å². The molecule has 6 heteroatoms. The highest BCUT2D eigenvalue weighted by Crippen LogP contribution is 2.27. The van der Waals surface area contributed by atoms with Crippen LogP contribution in [0.25, 0.3) is 11.4 Å². The smallest absolute Gasteiger partial charge is 0.240 e. The molecule has 0 radical (unpaired) electrons. The lowest BCUT2D eigenvalue weighted by molar-refractivity contribution is 0.380. The molecule has 84 valence electrons. The molecule has 0 aliphatic rings. The summed E-state index contributed by atoms with van der Waals surface area (Å²) in [6, 6.07) is 5.01. The number of nitrogens with two attached hydrogens (primary N) is 1. The van der Waals surface area contributed by atoms with Crippen LogP contribution in [0.1, 0.15) is 11.5 Å². The number of hydrogen-bond donors (Lipinski definition) is 1. The molecular weight excluding hydrogens is 233 g/mol. The van der Waals surface area contributed by atoms with E-state index in [9.17, 15) is 4.39 Å². The molecule has 0 aliphatic carbocycles. The van der Waals surface area contributed by atoms with Crippen molar-refractivity contribution in [1.82, 2.24) is 10.1 Å². The van der Waals surface area contributed by atoms with Gasteiger partial charge in [-0.25, -0.2) is 4.39 Å². The monoisotopic (exact) mass is 241 g/mol. The van der Waals surface area contributed by atoms with E-state index in [0.717, 1.165) is 0 Å². The Hall–Kier alpha value is -1.46. The largest absolute Gasteiger partial charge is 0.338 e. The summed E-state index contributed by atoms with van der Waals surface area (Å²) >= 11 is 5.87. The molecule has 0 aliphatic heterocycles. The molecule has 0 saturated carbocycles. The van der Waals surface area contributed by atoms with Gasteiger partial charge in [-0.3, -0.25) is 0 Å². The van der Waals surface area contributed by atoms with Gasteiger partial charge >= 0.3 is 0 Å². The molecule has 0 bridgehead atoms.